The van der Waals surface area contributed by atoms with Crippen LogP contribution in [0.3, 0.4) is 0 Å². The lowest BCUT2D eigenvalue weighted by molar-refractivity contribution is 0.0635. The monoisotopic (exact) mass is 306 g/mol. The molecule has 3 rings (SSSR count). The van der Waals surface area contributed by atoms with Crippen molar-refractivity contribution in [2.24, 2.45) is 0 Å². The highest BCUT2D eigenvalue weighted by molar-refractivity contribution is 7.99. The fourth-order valence-corrected chi connectivity index (χ4v) is 4.01. The Hall–Kier alpha value is -1.23. The third kappa shape index (κ3) is 3.51. The molecule has 1 amide bonds. The Morgan fingerprint density at radius 1 is 1.38 bits per heavy atom. The molecule has 0 radical (unpaired) electrons. The molecule has 4 nitrogen and oxygen atoms in total. The van der Waals surface area contributed by atoms with Crippen molar-refractivity contribution in [1.29, 1.82) is 0 Å². The van der Waals surface area contributed by atoms with Crippen LogP contribution in [0.5, 0.6) is 5.88 Å². The van der Waals surface area contributed by atoms with Crippen molar-refractivity contribution < 1.29 is 9.53 Å². The van der Waals surface area contributed by atoms with Crippen LogP contribution in [0, 0.1) is 0 Å². The molecule has 2 fully saturated rings. The summed E-state index contributed by atoms with van der Waals surface area (Å²) >= 11 is 1.91. The van der Waals surface area contributed by atoms with Crippen molar-refractivity contribution in [3.8, 4) is 5.88 Å². The Morgan fingerprint density at radius 3 is 2.95 bits per heavy atom. The number of ether oxygens (including phenoxy) is 1. The highest BCUT2D eigenvalue weighted by atomic mass is 32.2. The number of hydrogen-bond donors (Lipinski definition) is 0. The van der Waals surface area contributed by atoms with E-state index in [0.29, 0.717) is 17.5 Å². The topological polar surface area (TPSA) is 42.4 Å². The summed E-state index contributed by atoms with van der Waals surface area (Å²) in [6.07, 6.45) is 6.42. The molecule has 0 saturated carbocycles. The summed E-state index contributed by atoms with van der Waals surface area (Å²) in [7, 11) is 0. The van der Waals surface area contributed by atoms with Crippen LogP contribution in [0.25, 0.3) is 0 Å². The number of nitrogens with zero attached hydrogens (tertiary/aromatic N) is 2. The quantitative estimate of drug-likeness (QED) is 0.861. The predicted molar refractivity (Wildman–Crippen MR) is 84.9 cm³/mol. The summed E-state index contributed by atoms with van der Waals surface area (Å²) in [5, 5.41) is 0. The molecule has 0 spiro atoms. The van der Waals surface area contributed by atoms with Crippen LogP contribution < -0.4 is 4.74 Å². The summed E-state index contributed by atoms with van der Waals surface area (Å²) in [5.41, 5.74) is 0.664. The Morgan fingerprint density at radius 2 is 2.29 bits per heavy atom. The molecule has 1 aromatic heterocycles. The highest BCUT2D eigenvalue weighted by Crippen LogP contribution is 2.23. The van der Waals surface area contributed by atoms with Crippen LogP contribution in [-0.4, -0.2) is 46.0 Å². The third-order valence-corrected chi connectivity index (χ3v) is 5.35. The molecule has 2 unspecified atom stereocenters. The van der Waals surface area contributed by atoms with Gasteiger partial charge in [-0.2, -0.15) is 11.8 Å². The molecule has 5 heteroatoms. The second-order valence-electron chi connectivity index (χ2n) is 5.83. The van der Waals surface area contributed by atoms with Gasteiger partial charge >= 0.3 is 0 Å². The smallest absolute Gasteiger partial charge is 0.255 e. The van der Waals surface area contributed by atoms with Gasteiger partial charge in [0.2, 0.25) is 5.88 Å². The van der Waals surface area contributed by atoms with Gasteiger partial charge in [0.05, 0.1) is 5.56 Å². The Kier molecular flexibility index (Phi) is 4.68. The van der Waals surface area contributed by atoms with E-state index in [2.05, 4.69) is 11.9 Å². The molecule has 1 aromatic rings. The SMILES string of the molecule is CC1CCCCN1C(=O)c1ccc(OC2CCSC2)nc1. The third-order valence-electron chi connectivity index (χ3n) is 4.22. The molecule has 114 valence electrons. The first kappa shape index (κ1) is 14.7. The van der Waals surface area contributed by atoms with Gasteiger partial charge in [-0.05, 0) is 44.4 Å². The summed E-state index contributed by atoms with van der Waals surface area (Å²) in [5.74, 6) is 2.92. The van der Waals surface area contributed by atoms with E-state index in [1.54, 1.807) is 6.20 Å². The molecule has 0 bridgehead atoms. The normalized spacial score (nSPS) is 25.9. The van der Waals surface area contributed by atoms with E-state index in [4.69, 9.17) is 4.74 Å². The average Bonchev–Trinajstić information content (AvgIpc) is 3.01. The van der Waals surface area contributed by atoms with E-state index in [-0.39, 0.29) is 12.0 Å². The number of amides is 1. The van der Waals surface area contributed by atoms with E-state index in [1.165, 1.54) is 6.42 Å². The summed E-state index contributed by atoms with van der Waals surface area (Å²) in [6.45, 7) is 2.98. The van der Waals surface area contributed by atoms with Crippen molar-refractivity contribution >= 4 is 17.7 Å². The molecule has 2 atom stereocenters. The van der Waals surface area contributed by atoms with Crippen LogP contribution >= 0.6 is 11.8 Å². The van der Waals surface area contributed by atoms with Crippen LogP contribution in [0.2, 0.25) is 0 Å². The fraction of sp³-hybridized carbons (Fsp3) is 0.625. The number of hydrogen-bond acceptors (Lipinski definition) is 4. The second-order valence-corrected chi connectivity index (χ2v) is 6.98. The summed E-state index contributed by atoms with van der Waals surface area (Å²) < 4.78 is 5.82. The van der Waals surface area contributed by atoms with Gasteiger partial charge in [0.15, 0.2) is 0 Å². The van der Waals surface area contributed by atoms with Crippen molar-refractivity contribution in [2.45, 2.75) is 44.8 Å². The van der Waals surface area contributed by atoms with Crippen molar-refractivity contribution in [3.05, 3.63) is 23.9 Å². The number of rotatable bonds is 3. The zero-order chi connectivity index (χ0) is 14.7. The minimum absolute atomic E-state index is 0.0951. The lowest BCUT2D eigenvalue weighted by Gasteiger charge is -2.33. The minimum Gasteiger partial charge on any atom is -0.473 e. The number of likely N-dealkylation sites (tertiary alicyclic amines) is 1. The molecule has 2 saturated heterocycles. The van der Waals surface area contributed by atoms with Crippen LogP contribution in [0.4, 0.5) is 0 Å². The second kappa shape index (κ2) is 6.69. The van der Waals surface area contributed by atoms with Crippen molar-refractivity contribution in [1.82, 2.24) is 9.88 Å². The van der Waals surface area contributed by atoms with E-state index in [0.717, 1.165) is 37.3 Å². The predicted octanol–water partition coefficient (Wildman–Crippen LogP) is 2.98. The van der Waals surface area contributed by atoms with E-state index in [1.807, 2.05) is 28.8 Å². The van der Waals surface area contributed by atoms with Gasteiger partial charge < -0.3 is 9.64 Å². The maximum Gasteiger partial charge on any atom is 0.255 e. The lowest BCUT2D eigenvalue weighted by atomic mass is 10.0. The highest BCUT2D eigenvalue weighted by Gasteiger charge is 2.24. The zero-order valence-electron chi connectivity index (χ0n) is 12.5. The largest absolute Gasteiger partial charge is 0.473 e. The summed E-state index contributed by atoms with van der Waals surface area (Å²) in [4.78, 5) is 18.8. The van der Waals surface area contributed by atoms with E-state index >= 15 is 0 Å². The molecule has 3 heterocycles. The number of thioether (sulfide) groups is 1. The zero-order valence-corrected chi connectivity index (χ0v) is 13.3. The van der Waals surface area contributed by atoms with Crippen LogP contribution in [-0.2, 0) is 0 Å². The van der Waals surface area contributed by atoms with Gasteiger partial charge in [-0.1, -0.05) is 0 Å². The van der Waals surface area contributed by atoms with Crippen LogP contribution in [0.15, 0.2) is 18.3 Å². The van der Waals surface area contributed by atoms with E-state index < -0.39 is 0 Å². The van der Waals surface area contributed by atoms with Crippen molar-refractivity contribution in [3.63, 3.8) is 0 Å². The van der Waals surface area contributed by atoms with Gasteiger partial charge in [0.1, 0.15) is 6.10 Å². The first-order valence-electron chi connectivity index (χ1n) is 7.75. The van der Waals surface area contributed by atoms with E-state index in [9.17, 15) is 4.79 Å². The number of aromatic nitrogens is 1. The standard InChI is InChI=1S/C16H22N2O2S/c1-12-4-2-3-8-18(12)16(19)13-5-6-15(17-10-13)20-14-7-9-21-11-14/h5-6,10,12,14H,2-4,7-9,11H2,1H3. The maximum absolute atomic E-state index is 12.5. The van der Waals surface area contributed by atoms with Crippen molar-refractivity contribution in [2.75, 3.05) is 18.1 Å². The molecule has 0 aliphatic carbocycles. The first-order chi connectivity index (χ1) is 10.2. The van der Waals surface area contributed by atoms with Gasteiger partial charge in [-0.25, -0.2) is 4.98 Å². The minimum atomic E-state index is 0.0951. The maximum atomic E-state index is 12.5. The average molecular weight is 306 g/mol. The molecule has 0 N–H and O–H groups in total. The van der Waals surface area contributed by atoms with Crippen LogP contribution in [0.1, 0.15) is 43.0 Å². The molecule has 0 aromatic carbocycles. The van der Waals surface area contributed by atoms with Gasteiger partial charge in [-0.3, -0.25) is 4.79 Å². The number of carbonyl (C=O) groups is 1. The Balaban J connectivity index is 1.64. The molecular weight excluding hydrogens is 284 g/mol. The molecular formula is C16H22N2O2S. The Bertz CT molecular complexity index is 486. The Labute approximate surface area is 130 Å². The number of pyridine rings is 1. The van der Waals surface area contributed by atoms with Gasteiger partial charge in [0, 0.05) is 30.6 Å². The molecule has 2 aliphatic heterocycles. The molecule has 2 aliphatic rings. The fourth-order valence-electron chi connectivity index (χ4n) is 2.92. The number of carbonyl (C=O) groups excluding carboxylic acids is 1. The lowest BCUT2D eigenvalue weighted by Crippen LogP contribution is -2.42. The number of piperidine rings is 1. The van der Waals surface area contributed by atoms with Gasteiger partial charge in [0.25, 0.3) is 5.91 Å². The first-order valence-corrected chi connectivity index (χ1v) is 8.91. The summed E-state index contributed by atoms with van der Waals surface area (Å²) in [6, 6.07) is 4.00. The van der Waals surface area contributed by atoms with Gasteiger partial charge in [-0.15, -0.1) is 0 Å². The molecule has 21 heavy (non-hydrogen) atoms.